The standard InChI is InChI=1S/C12H15NO4/c1-4-7-13(9(2)14)8-10-5-6-11(17-10)12(15)16-3/h4-6H,1,7-8H2,2-3H3. The Hall–Kier alpha value is -2.04. The Labute approximate surface area is 99.7 Å². The Balaban J connectivity index is 2.73. The zero-order valence-electron chi connectivity index (χ0n) is 9.93. The van der Waals surface area contributed by atoms with E-state index in [0.29, 0.717) is 18.8 Å². The van der Waals surface area contributed by atoms with E-state index in [9.17, 15) is 9.59 Å². The molecular formula is C12H15NO4. The summed E-state index contributed by atoms with van der Waals surface area (Å²) in [6, 6.07) is 3.17. The minimum Gasteiger partial charge on any atom is -0.463 e. The number of hydrogen-bond acceptors (Lipinski definition) is 4. The van der Waals surface area contributed by atoms with E-state index >= 15 is 0 Å². The first kappa shape index (κ1) is 13.0. The van der Waals surface area contributed by atoms with Gasteiger partial charge < -0.3 is 14.1 Å². The zero-order valence-corrected chi connectivity index (χ0v) is 9.93. The number of methoxy groups -OCH3 is 1. The Morgan fingerprint density at radius 2 is 2.24 bits per heavy atom. The molecule has 0 radical (unpaired) electrons. The number of carbonyl (C=O) groups is 2. The van der Waals surface area contributed by atoms with E-state index in [1.807, 2.05) is 0 Å². The van der Waals surface area contributed by atoms with Crippen molar-refractivity contribution >= 4 is 11.9 Å². The van der Waals surface area contributed by atoms with Crippen LogP contribution < -0.4 is 0 Å². The highest BCUT2D eigenvalue weighted by atomic mass is 16.5. The molecule has 92 valence electrons. The Bertz CT molecular complexity index is 422. The summed E-state index contributed by atoms with van der Waals surface area (Å²) >= 11 is 0. The lowest BCUT2D eigenvalue weighted by atomic mass is 10.3. The molecule has 0 bridgehead atoms. The van der Waals surface area contributed by atoms with Gasteiger partial charge in [-0.1, -0.05) is 6.08 Å². The van der Waals surface area contributed by atoms with Crippen LogP contribution in [0.5, 0.6) is 0 Å². The first-order valence-corrected chi connectivity index (χ1v) is 5.12. The minimum atomic E-state index is -0.533. The molecule has 0 fully saturated rings. The lowest BCUT2D eigenvalue weighted by Crippen LogP contribution is -2.27. The second kappa shape index (κ2) is 5.89. The molecular weight excluding hydrogens is 222 g/mol. The molecule has 0 atom stereocenters. The number of ether oxygens (including phenoxy) is 1. The summed E-state index contributed by atoms with van der Waals surface area (Å²) in [6.45, 7) is 5.78. The van der Waals surface area contributed by atoms with Gasteiger partial charge >= 0.3 is 5.97 Å². The van der Waals surface area contributed by atoms with Crippen molar-refractivity contribution in [2.75, 3.05) is 13.7 Å². The van der Waals surface area contributed by atoms with Gasteiger partial charge in [-0.3, -0.25) is 4.79 Å². The van der Waals surface area contributed by atoms with Gasteiger partial charge in [-0.25, -0.2) is 4.79 Å². The van der Waals surface area contributed by atoms with Crippen LogP contribution in [-0.2, 0) is 16.1 Å². The predicted octanol–water partition coefficient (Wildman–Crippen LogP) is 1.60. The maximum atomic E-state index is 11.3. The largest absolute Gasteiger partial charge is 0.463 e. The summed E-state index contributed by atoms with van der Waals surface area (Å²) in [6.07, 6.45) is 1.63. The number of carbonyl (C=O) groups excluding carboxylic acids is 2. The van der Waals surface area contributed by atoms with Crippen LogP contribution in [0.3, 0.4) is 0 Å². The monoisotopic (exact) mass is 237 g/mol. The summed E-state index contributed by atoms with van der Waals surface area (Å²) in [5, 5.41) is 0. The first-order chi connectivity index (χ1) is 8.08. The molecule has 5 heteroatoms. The molecule has 1 aromatic rings. The van der Waals surface area contributed by atoms with E-state index in [1.165, 1.54) is 20.1 Å². The van der Waals surface area contributed by atoms with Crippen LogP contribution in [0.15, 0.2) is 29.2 Å². The number of rotatable bonds is 5. The van der Waals surface area contributed by atoms with Gasteiger partial charge in [0.05, 0.1) is 13.7 Å². The molecule has 0 unspecified atom stereocenters. The van der Waals surface area contributed by atoms with Crippen molar-refractivity contribution in [3.8, 4) is 0 Å². The summed E-state index contributed by atoms with van der Waals surface area (Å²) in [5.74, 6) is 0.0438. The third-order valence-electron chi connectivity index (χ3n) is 2.19. The fourth-order valence-electron chi connectivity index (χ4n) is 1.32. The first-order valence-electron chi connectivity index (χ1n) is 5.12. The molecule has 0 saturated heterocycles. The van der Waals surface area contributed by atoms with Crippen molar-refractivity contribution in [3.63, 3.8) is 0 Å². The maximum Gasteiger partial charge on any atom is 0.373 e. The molecule has 0 aliphatic heterocycles. The Morgan fingerprint density at radius 1 is 1.53 bits per heavy atom. The Kier molecular flexibility index (Phi) is 4.51. The molecule has 0 N–H and O–H groups in total. The van der Waals surface area contributed by atoms with Gasteiger partial charge in [0.25, 0.3) is 0 Å². The second-order valence-corrected chi connectivity index (χ2v) is 3.45. The van der Waals surface area contributed by atoms with E-state index in [0.717, 1.165) is 0 Å². The second-order valence-electron chi connectivity index (χ2n) is 3.45. The SMILES string of the molecule is C=CCN(Cc1ccc(C(=O)OC)o1)C(C)=O. The van der Waals surface area contributed by atoms with Gasteiger partial charge in [-0.2, -0.15) is 0 Å². The minimum absolute atomic E-state index is 0.0825. The van der Waals surface area contributed by atoms with Gasteiger partial charge in [-0.05, 0) is 12.1 Å². The van der Waals surface area contributed by atoms with Crippen molar-refractivity contribution in [3.05, 3.63) is 36.3 Å². The summed E-state index contributed by atoms with van der Waals surface area (Å²) < 4.78 is 9.78. The third kappa shape index (κ3) is 3.48. The third-order valence-corrected chi connectivity index (χ3v) is 2.19. The van der Waals surface area contributed by atoms with Crippen LogP contribution in [0, 0.1) is 0 Å². The van der Waals surface area contributed by atoms with Crippen molar-refractivity contribution < 1.29 is 18.7 Å². The quantitative estimate of drug-likeness (QED) is 0.576. The number of hydrogen-bond donors (Lipinski definition) is 0. The molecule has 0 saturated carbocycles. The van der Waals surface area contributed by atoms with Crippen LogP contribution in [0.25, 0.3) is 0 Å². The lowest BCUT2D eigenvalue weighted by molar-refractivity contribution is -0.129. The smallest absolute Gasteiger partial charge is 0.373 e. The molecule has 0 aliphatic carbocycles. The molecule has 0 aromatic carbocycles. The fourth-order valence-corrected chi connectivity index (χ4v) is 1.32. The molecule has 0 spiro atoms. The van der Waals surface area contributed by atoms with Crippen LogP contribution in [-0.4, -0.2) is 30.4 Å². The van der Waals surface area contributed by atoms with E-state index in [4.69, 9.17) is 4.42 Å². The van der Waals surface area contributed by atoms with Gasteiger partial charge in [0, 0.05) is 13.5 Å². The molecule has 1 aromatic heterocycles. The van der Waals surface area contributed by atoms with Gasteiger partial charge in [0.1, 0.15) is 5.76 Å². The van der Waals surface area contributed by atoms with Crippen molar-refractivity contribution in [1.82, 2.24) is 4.90 Å². The summed E-state index contributed by atoms with van der Waals surface area (Å²) in [5.41, 5.74) is 0. The molecule has 5 nitrogen and oxygen atoms in total. The predicted molar refractivity (Wildman–Crippen MR) is 61.3 cm³/mol. The van der Waals surface area contributed by atoms with Crippen LogP contribution >= 0.6 is 0 Å². The summed E-state index contributed by atoms with van der Waals surface area (Å²) in [7, 11) is 1.28. The highest BCUT2D eigenvalue weighted by molar-refractivity contribution is 5.86. The lowest BCUT2D eigenvalue weighted by Gasteiger charge is -2.17. The average Bonchev–Trinajstić information content (AvgIpc) is 2.76. The topological polar surface area (TPSA) is 59.8 Å². The van der Waals surface area contributed by atoms with Gasteiger partial charge in [-0.15, -0.1) is 6.58 Å². The number of amides is 1. The fraction of sp³-hybridized carbons (Fsp3) is 0.333. The molecule has 1 amide bonds. The Morgan fingerprint density at radius 3 is 2.76 bits per heavy atom. The van der Waals surface area contributed by atoms with Crippen molar-refractivity contribution in [2.24, 2.45) is 0 Å². The number of nitrogens with zero attached hydrogens (tertiary/aromatic N) is 1. The highest BCUT2D eigenvalue weighted by Crippen LogP contribution is 2.11. The summed E-state index contributed by atoms with van der Waals surface area (Å²) in [4.78, 5) is 24.0. The molecule has 1 heterocycles. The van der Waals surface area contributed by atoms with Crippen LogP contribution in [0.4, 0.5) is 0 Å². The zero-order chi connectivity index (χ0) is 12.8. The van der Waals surface area contributed by atoms with E-state index in [-0.39, 0.29) is 11.7 Å². The van der Waals surface area contributed by atoms with Gasteiger partial charge in [0.2, 0.25) is 11.7 Å². The van der Waals surface area contributed by atoms with Crippen LogP contribution in [0.1, 0.15) is 23.2 Å². The number of furan rings is 1. The average molecular weight is 237 g/mol. The molecule has 17 heavy (non-hydrogen) atoms. The van der Waals surface area contributed by atoms with Crippen molar-refractivity contribution in [1.29, 1.82) is 0 Å². The van der Waals surface area contributed by atoms with Crippen LogP contribution in [0.2, 0.25) is 0 Å². The van der Waals surface area contributed by atoms with Crippen molar-refractivity contribution in [2.45, 2.75) is 13.5 Å². The molecule has 1 rings (SSSR count). The highest BCUT2D eigenvalue weighted by Gasteiger charge is 2.14. The number of esters is 1. The van der Waals surface area contributed by atoms with E-state index < -0.39 is 5.97 Å². The van der Waals surface area contributed by atoms with Gasteiger partial charge in [0.15, 0.2) is 0 Å². The maximum absolute atomic E-state index is 11.3. The van der Waals surface area contributed by atoms with E-state index in [2.05, 4.69) is 11.3 Å². The molecule has 0 aliphatic rings. The van der Waals surface area contributed by atoms with E-state index in [1.54, 1.807) is 17.0 Å². The normalized spacial score (nSPS) is 9.76.